The van der Waals surface area contributed by atoms with Gasteiger partial charge in [-0.25, -0.2) is 0 Å². The molecule has 0 atom stereocenters. The van der Waals surface area contributed by atoms with Crippen LogP contribution < -0.4 is 5.43 Å². The van der Waals surface area contributed by atoms with Crippen molar-refractivity contribution < 1.29 is 4.92 Å². The van der Waals surface area contributed by atoms with Gasteiger partial charge in [0, 0.05) is 16.6 Å². The van der Waals surface area contributed by atoms with Crippen LogP contribution in [0.1, 0.15) is 12.5 Å². The van der Waals surface area contributed by atoms with E-state index in [1.165, 1.54) is 12.1 Å². The van der Waals surface area contributed by atoms with Crippen LogP contribution >= 0.6 is 15.9 Å². The number of rotatable bonds is 4. The molecule has 5 nitrogen and oxygen atoms in total. The minimum atomic E-state index is -0.431. The maximum absolute atomic E-state index is 10.5. The lowest BCUT2D eigenvalue weighted by molar-refractivity contribution is -0.384. The summed E-state index contributed by atoms with van der Waals surface area (Å²) in [5, 5.41) is 14.8. The van der Waals surface area contributed by atoms with E-state index in [0.29, 0.717) is 5.69 Å². The summed E-state index contributed by atoms with van der Waals surface area (Å²) in [6, 6.07) is 13.9. The first-order valence-electron chi connectivity index (χ1n) is 5.87. The van der Waals surface area contributed by atoms with Crippen molar-refractivity contribution in [2.45, 2.75) is 6.92 Å². The zero-order valence-electron chi connectivity index (χ0n) is 10.7. The van der Waals surface area contributed by atoms with E-state index in [4.69, 9.17) is 0 Å². The first-order chi connectivity index (χ1) is 9.56. The Balaban J connectivity index is 2.10. The Morgan fingerprint density at radius 1 is 1.25 bits per heavy atom. The van der Waals surface area contributed by atoms with Crippen LogP contribution in [-0.2, 0) is 0 Å². The van der Waals surface area contributed by atoms with Crippen LogP contribution in [0.3, 0.4) is 0 Å². The fourth-order valence-corrected chi connectivity index (χ4v) is 1.98. The molecule has 0 heterocycles. The van der Waals surface area contributed by atoms with Gasteiger partial charge in [0.05, 0.1) is 16.3 Å². The molecule has 1 N–H and O–H groups in total. The molecular formula is C14H12BrN3O2. The molecule has 0 amide bonds. The number of nitrogens with zero attached hydrogens (tertiary/aromatic N) is 2. The van der Waals surface area contributed by atoms with Gasteiger partial charge < -0.3 is 0 Å². The van der Waals surface area contributed by atoms with Crippen LogP contribution in [0.2, 0.25) is 0 Å². The second-order valence-electron chi connectivity index (χ2n) is 4.12. The van der Waals surface area contributed by atoms with Crippen molar-refractivity contribution in [1.82, 2.24) is 0 Å². The maximum atomic E-state index is 10.5. The summed E-state index contributed by atoms with van der Waals surface area (Å²) in [4.78, 5) is 10.1. The number of nitrogens with one attached hydrogen (secondary N) is 1. The van der Waals surface area contributed by atoms with E-state index in [9.17, 15) is 10.1 Å². The Labute approximate surface area is 124 Å². The van der Waals surface area contributed by atoms with Gasteiger partial charge in [0.25, 0.3) is 5.69 Å². The summed E-state index contributed by atoms with van der Waals surface area (Å²) in [6.07, 6.45) is 0. The Hall–Kier alpha value is -2.21. The molecule has 2 rings (SSSR count). The molecule has 0 aliphatic heterocycles. The van der Waals surface area contributed by atoms with Crippen LogP contribution in [0, 0.1) is 10.1 Å². The fraction of sp³-hybridized carbons (Fsp3) is 0.0714. The number of non-ortho nitro benzene ring substituents is 1. The topological polar surface area (TPSA) is 67.5 Å². The van der Waals surface area contributed by atoms with Gasteiger partial charge in [-0.1, -0.05) is 28.1 Å². The third-order valence-corrected chi connectivity index (χ3v) is 3.17. The molecule has 2 aromatic rings. The predicted molar refractivity (Wildman–Crippen MR) is 83.1 cm³/mol. The average molecular weight is 334 g/mol. The fourth-order valence-electron chi connectivity index (χ4n) is 1.58. The number of benzene rings is 2. The van der Waals surface area contributed by atoms with Crippen LogP contribution in [0.15, 0.2) is 58.1 Å². The number of hydrazone groups is 1. The number of nitro benzene ring substituents is 1. The van der Waals surface area contributed by atoms with E-state index in [1.807, 2.05) is 31.2 Å². The number of anilines is 1. The molecule has 0 bridgehead atoms. The van der Waals surface area contributed by atoms with E-state index < -0.39 is 4.92 Å². The molecular weight excluding hydrogens is 322 g/mol. The Bertz CT molecular complexity index is 654. The second kappa shape index (κ2) is 6.29. The minimum absolute atomic E-state index is 0.0586. The summed E-state index contributed by atoms with van der Waals surface area (Å²) < 4.78 is 0.986. The number of hydrogen-bond donors (Lipinski definition) is 1. The van der Waals surface area contributed by atoms with Crippen LogP contribution in [0.25, 0.3) is 0 Å². The largest absolute Gasteiger partial charge is 0.278 e. The van der Waals surface area contributed by atoms with Crippen LogP contribution in [-0.4, -0.2) is 10.6 Å². The molecule has 0 unspecified atom stereocenters. The lowest BCUT2D eigenvalue weighted by Gasteiger charge is -2.04. The average Bonchev–Trinajstić information content (AvgIpc) is 2.45. The SMILES string of the molecule is C/C(=N\Nc1ccc([N+](=O)[O-])cc1)c1cccc(Br)c1. The molecule has 102 valence electrons. The van der Waals surface area contributed by atoms with Gasteiger partial charge in [0.2, 0.25) is 0 Å². The van der Waals surface area contributed by atoms with Gasteiger partial charge in [0.15, 0.2) is 0 Å². The highest BCUT2D eigenvalue weighted by Gasteiger charge is 2.03. The third-order valence-electron chi connectivity index (χ3n) is 2.67. The van der Waals surface area contributed by atoms with Crippen molar-refractivity contribution in [1.29, 1.82) is 0 Å². The van der Waals surface area contributed by atoms with Gasteiger partial charge in [-0.15, -0.1) is 0 Å². The zero-order chi connectivity index (χ0) is 14.5. The molecule has 0 aliphatic rings. The highest BCUT2D eigenvalue weighted by molar-refractivity contribution is 9.10. The van der Waals surface area contributed by atoms with Gasteiger partial charge in [-0.3, -0.25) is 15.5 Å². The zero-order valence-corrected chi connectivity index (χ0v) is 12.3. The highest BCUT2D eigenvalue weighted by Crippen LogP contribution is 2.16. The summed E-state index contributed by atoms with van der Waals surface area (Å²) >= 11 is 3.41. The smallest absolute Gasteiger partial charge is 0.269 e. The second-order valence-corrected chi connectivity index (χ2v) is 5.04. The Morgan fingerprint density at radius 3 is 2.55 bits per heavy atom. The van der Waals surface area contributed by atoms with Crippen molar-refractivity contribution in [2.24, 2.45) is 5.10 Å². The molecule has 2 aromatic carbocycles. The van der Waals surface area contributed by atoms with Crippen molar-refractivity contribution in [3.63, 3.8) is 0 Å². The van der Waals surface area contributed by atoms with E-state index in [0.717, 1.165) is 15.7 Å². The summed E-state index contributed by atoms with van der Waals surface area (Å²) in [5.74, 6) is 0. The first-order valence-corrected chi connectivity index (χ1v) is 6.66. The lowest BCUT2D eigenvalue weighted by atomic mass is 10.1. The normalized spacial score (nSPS) is 11.2. The van der Waals surface area contributed by atoms with Crippen molar-refractivity contribution >= 4 is 33.0 Å². The molecule has 0 aliphatic carbocycles. The van der Waals surface area contributed by atoms with Gasteiger partial charge in [-0.2, -0.15) is 5.10 Å². The van der Waals surface area contributed by atoms with Gasteiger partial charge in [-0.05, 0) is 36.8 Å². The van der Waals surface area contributed by atoms with Crippen molar-refractivity contribution in [3.8, 4) is 0 Å². The monoisotopic (exact) mass is 333 g/mol. The van der Waals surface area contributed by atoms with Crippen molar-refractivity contribution in [2.75, 3.05) is 5.43 Å². The van der Waals surface area contributed by atoms with Crippen LogP contribution in [0.4, 0.5) is 11.4 Å². The molecule has 0 spiro atoms. The quantitative estimate of drug-likeness (QED) is 0.518. The number of hydrogen-bond acceptors (Lipinski definition) is 4. The van der Waals surface area contributed by atoms with E-state index in [1.54, 1.807) is 12.1 Å². The molecule has 0 radical (unpaired) electrons. The van der Waals surface area contributed by atoms with E-state index >= 15 is 0 Å². The Kier molecular flexibility index (Phi) is 4.47. The molecule has 6 heteroatoms. The first kappa shape index (κ1) is 14.2. The molecule has 0 saturated carbocycles. The molecule has 0 aromatic heterocycles. The van der Waals surface area contributed by atoms with E-state index in [-0.39, 0.29) is 5.69 Å². The Morgan fingerprint density at radius 2 is 1.95 bits per heavy atom. The molecule has 20 heavy (non-hydrogen) atoms. The minimum Gasteiger partial charge on any atom is -0.278 e. The van der Waals surface area contributed by atoms with Crippen molar-refractivity contribution in [3.05, 3.63) is 68.7 Å². The predicted octanol–water partition coefficient (Wildman–Crippen LogP) is 4.19. The summed E-state index contributed by atoms with van der Waals surface area (Å²) in [5.41, 5.74) is 5.45. The van der Waals surface area contributed by atoms with Crippen LogP contribution in [0.5, 0.6) is 0 Å². The third kappa shape index (κ3) is 3.64. The standard InChI is InChI=1S/C14H12BrN3O2/c1-10(11-3-2-4-12(15)9-11)16-17-13-5-7-14(8-6-13)18(19)20/h2-9,17H,1H3/b16-10+. The van der Waals surface area contributed by atoms with Gasteiger partial charge in [0.1, 0.15) is 0 Å². The highest BCUT2D eigenvalue weighted by atomic mass is 79.9. The number of halogens is 1. The summed E-state index contributed by atoms with van der Waals surface area (Å²) in [7, 11) is 0. The lowest BCUT2D eigenvalue weighted by Crippen LogP contribution is -1.99. The molecule has 0 fully saturated rings. The van der Waals surface area contributed by atoms with E-state index in [2.05, 4.69) is 26.5 Å². The summed E-state index contributed by atoms with van der Waals surface area (Å²) in [6.45, 7) is 1.89. The maximum Gasteiger partial charge on any atom is 0.269 e. The van der Waals surface area contributed by atoms with Gasteiger partial charge >= 0.3 is 0 Å². The number of nitro groups is 1. The molecule has 0 saturated heterocycles.